The number of hydrogen-bond acceptors (Lipinski definition) is 4. The molecular weight excluding hydrogens is 178 g/mol. The summed E-state index contributed by atoms with van der Waals surface area (Å²) in [7, 11) is 0. The molecule has 0 atom stereocenters. The fourth-order valence-electron chi connectivity index (χ4n) is 1.23. The van der Waals surface area contributed by atoms with E-state index in [1.54, 1.807) is 6.20 Å². The highest BCUT2D eigenvalue weighted by atomic mass is 15.3. The summed E-state index contributed by atoms with van der Waals surface area (Å²) in [5.41, 5.74) is 8.12. The molecule has 0 aromatic carbocycles. The average molecular weight is 191 g/mol. The summed E-state index contributed by atoms with van der Waals surface area (Å²) in [6.45, 7) is 4.74. The lowest BCUT2D eigenvalue weighted by Crippen LogP contribution is -2.28. The zero-order valence-electron chi connectivity index (χ0n) is 8.28. The van der Waals surface area contributed by atoms with Crippen molar-refractivity contribution < 1.29 is 0 Å². The molecule has 0 spiro atoms. The highest BCUT2D eigenvalue weighted by molar-refractivity contribution is 5.69. The van der Waals surface area contributed by atoms with Crippen molar-refractivity contribution in [3.63, 3.8) is 0 Å². The van der Waals surface area contributed by atoms with Gasteiger partial charge in [0.1, 0.15) is 5.52 Å². The number of pyridine rings is 1. The van der Waals surface area contributed by atoms with E-state index in [9.17, 15) is 0 Å². The molecule has 0 bridgehead atoms. The van der Waals surface area contributed by atoms with E-state index in [1.807, 2.05) is 6.07 Å². The van der Waals surface area contributed by atoms with Crippen molar-refractivity contribution in [3.05, 3.63) is 17.8 Å². The summed E-state index contributed by atoms with van der Waals surface area (Å²) in [4.78, 5) is 4.19. The Balaban J connectivity index is 2.53. The van der Waals surface area contributed by atoms with Crippen LogP contribution in [0.5, 0.6) is 0 Å². The van der Waals surface area contributed by atoms with Gasteiger partial charge in [-0.3, -0.25) is 0 Å². The maximum atomic E-state index is 5.69. The summed E-state index contributed by atoms with van der Waals surface area (Å²) < 4.78 is 0. The van der Waals surface area contributed by atoms with Crippen LogP contribution in [0, 0.1) is 0 Å². The Morgan fingerprint density at radius 3 is 2.93 bits per heavy atom. The zero-order chi connectivity index (χ0) is 10.2. The van der Waals surface area contributed by atoms with Gasteiger partial charge in [-0.05, 0) is 11.6 Å². The van der Waals surface area contributed by atoms with Crippen LogP contribution < -0.4 is 5.73 Å². The van der Waals surface area contributed by atoms with Crippen molar-refractivity contribution in [1.82, 2.24) is 20.4 Å². The molecule has 0 aliphatic rings. The summed E-state index contributed by atoms with van der Waals surface area (Å²) in [6, 6.07) is 1.97. The molecule has 0 radical (unpaired) electrons. The molecule has 0 amide bonds. The third-order valence-corrected chi connectivity index (χ3v) is 2.47. The second-order valence-electron chi connectivity index (χ2n) is 3.98. The van der Waals surface area contributed by atoms with Crippen molar-refractivity contribution >= 4 is 11.2 Å². The van der Waals surface area contributed by atoms with Crippen LogP contribution in [0.3, 0.4) is 0 Å². The van der Waals surface area contributed by atoms with Crippen LogP contribution in [-0.4, -0.2) is 26.9 Å². The second-order valence-corrected chi connectivity index (χ2v) is 3.98. The van der Waals surface area contributed by atoms with Crippen molar-refractivity contribution in [2.75, 3.05) is 6.54 Å². The number of hydrogen-bond donors (Lipinski definition) is 2. The maximum Gasteiger partial charge on any atom is 0.201 e. The highest BCUT2D eigenvalue weighted by Gasteiger charge is 2.19. The number of H-pyrrole nitrogens is 1. The van der Waals surface area contributed by atoms with Gasteiger partial charge in [0.2, 0.25) is 5.65 Å². The quantitative estimate of drug-likeness (QED) is 0.728. The minimum atomic E-state index is -0.0693. The Morgan fingerprint density at radius 2 is 2.21 bits per heavy atom. The summed E-state index contributed by atoms with van der Waals surface area (Å²) in [5, 5.41) is 10.4. The van der Waals surface area contributed by atoms with E-state index < -0.39 is 0 Å². The van der Waals surface area contributed by atoms with Gasteiger partial charge in [0.25, 0.3) is 0 Å². The van der Waals surface area contributed by atoms with Crippen LogP contribution in [0.2, 0.25) is 0 Å². The highest BCUT2D eigenvalue weighted by Crippen LogP contribution is 2.22. The number of fused-ring (bicyclic) bond motifs is 1. The van der Waals surface area contributed by atoms with E-state index in [0.717, 1.165) is 11.1 Å². The fourth-order valence-corrected chi connectivity index (χ4v) is 1.23. The number of aromatic amines is 1. The van der Waals surface area contributed by atoms with Gasteiger partial charge in [-0.2, -0.15) is 10.3 Å². The molecule has 2 aromatic heterocycles. The third-order valence-electron chi connectivity index (χ3n) is 2.47. The van der Waals surface area contributed by atoms with E-state index in [0.29, 0.717) is 12.2 Å². The molecule has 0 saturated heterocycles. The first-order chi connectivity index (χ1) is 6.63. The predicted octanol–water partition coefficient (Wildman–Crippen LogP) is 0.589. The standard InChI is InChI=1S/C9H13N5/c1-9(2,5-10)6-3-7-8(11-4-6)13-14-12-7/h3-4H,5,10H2,1-2H3,(H,11,12,13,14). The SMILES string of the molecule is CC(C)(CN)c1cnc2n[nH]nc2c1. The van der Waals surface area contributed by atoms with Gasteiger partial charge in [-0.1, -0.05) is 13.8 Å². The molecule has 5 nitrogen and oxygen atoms in total. The summed E-state index contributed by atoms with van der Waals surface area (Å²) in [5.74, 6) is 0. The van der Waals surface area contributed by atoms with Crippen LogP contribution in [0.4, 0.5) is 0 Å². The largest absolute Gasteiger partial charge is 0.330 e. The van der Waals surface area contributed by atoms with E-state index in [2.05, 4.69) is 34.2 Å². The van der Waals surface area contributed by atoms with Crippen LogP contribution in [0.15, 0.2) is 12.3 Å². The Kier molecular flexibility index (Phi) is 1.96. The minimum absolute atomic E-state index is 0.0693. The number of nitrogens with two attached hydrogens (primary N) is 1. The summed E-state index contributed by atoms with van der Waals surface area (Å²) >= 11 is 0. The Hall–Kier alpha value is -1.49. The predicted molar refractivity (Wildman–Crippen MR) is 53.8 cm³/mol. The fraction of sp³-hybridized carbons (Fsp3) is 0.444. The Morgan fingerprint density at radius 1 is 1.43 bits per heavy atom. The van der Waals surface area contributed by atoms with Crippen molar-refractivity contribution in [2.45, 2.75) is 19.3 Å². The van der Waals surface area contributed by atoms with Gasteiger partial charge in [-0.15, -0.1) is 5.10 Å². The lowest BCUT2D eigenvalue weighted by molar-refractivity contribution is 0.538. The van der Waals surface area contributed by atoms with Crippen molar-refractivity contribution in [2.24, 2.45) is 5.73 Å². The maximum absolute atomic E-state index is 5.69. The third kappa shape index (κ3) is 1.35. The number of rotatable bonds is 2. The van der Waals surface area contributed by atoms with E-state index in [1.165, 1.54) is 0 Å². The average Bonchev–Trinajstić information content (AvgIpc) is 2.64. The molecule has 0 unspecified atom stereocenters. The van der Waals surface area contributed by atoms with Crippen LogP contribution in [0.1, 0.15) is 19.4 Å². The van der Waals surface area contributed by atoms with Gasteiger partial charge >= 0.3 is 0 Å². The van der Waals surface area contributed by atoms with E-state index in [-0.39, 0.29) is 5.41 Å². The molecule has 0 aliphatic heterocycles. The van der Waals surface area contributed by atoms with Gasteiger partial charge < -0.3 is 5.73 Å². The minimum Gasteiger partial charge on any atom is -0.330 e. The number of nitrogens with one attached hydrogen (secondary N) is 1. The molecule has 0 saturated carbocycles. The first-order valence-corrected chi connectivity index (χ1v) is 4.50. The van der Waals surface area contributed by atoms with Crippen molar-refractivity contribution in [3.8, 4) is 0 Å². The normalized spacial score (nSPS) is 12.2. The van der Waals surface area contributed by atoms with Gasteiger partial charge in [0.05, 0.1) is 0 Å². The molecule has 3 N–H and O–H groups in total. The van der Waals surface area contributed by atoms with E-state index >= 15 is 0 Å². The van der Waals surface area contributed by atoms with Gasteiger partial charge in [0, 0.05) is 18.2 Å². The molecule has 74 valence electrons. The topological polar surface area (TPSA) is 80.5 Å². The monoisotopic (exact) mass is 191 g/mol. The Labute approximate surface area is 81.7 Å². The molecule has 2 aromatic rings. The smallest absolute Gasteiger partial charge is 0.201 e. The first kappa shape index (κ1) is 9.08. The lowest BCUT2D eigenvalue weighted by atomic mass is 9.86. The molecule has 0 fully saturated rings. The Bertz CT molecular complexity index is 445. The lowest BCUT2D eigenvalue weighted by Gasteiger charge is -2.21. The van der Waals surface area contributed by atoms with E-state index in [4.69, 9.17) is 5.73 Å². The molecular formula is C9H13N5. The summed E-state index contributed by atoms with van der Waals surface area (Å²) in [6.07, 6.45) is 1.80. The molecule has 0 aliphatic carbocycles. The zero-order valence-corrected chi connectivity index (χ0v) is 8.28. The first-order valence-electron chi connectivity index (χ1n) is 4.50. The molecule has 5 heteroatoms. The van der Waals surface area contributed by atoms with Crippen LogP contribution >= 0.6 is 0 Å². The second kappa shape index (κ2) is 3.02. The van der Waals surface area contributed by atoms with Crippen LogP contribution in [-0.2, 0) is 5.41 Å². The molecule has 2 rings (SSSR count). The van der Waals surface area contributed by atoms with Gasteiger partial charge in [0.15, 0.2) is 0 Å². The van der Waals surface area contributed by atoms with Gasteiger partial charge in [-0.25, -0.2) is 4.98 Å². The molecule has 2 heterocycles. The molecule has 14 heavy (non-hydrogen) atoms. The number of aromatic nitrogens is 4. The number of nitrogens with zero attached hydrogens (tertiary/aromatic N) is 3. The van der Waals surface area contributed by atoms with Crippen molar-refractivity contribution in [1.29, 1.82) is 0 Å². The van der Waals surface area contributed by atoms with Crippen LogP contribution in [0.25, 0.3) is 11.2 Å².